The molecule has 0 N–H and O–H groups in total. The first kappa shape index (κ1) is 13.0. The van der Waals surface area contributed by atoms with Crippen LogP contribution in [0.25, 0.3) is 0 Å². The lowest BCUT2D eigenvalue weighted by atomic mass is 10.0. The molecule has 1 rings (SSSR count). The van der Waals surface area contributed by atoms with E-state index in [2.05, 4.69) is 31.2 Å². The number of carbonyl (C=O) groups excluding carboxylic acids is 1. The molecule has 0 aliphatic heterocycles. The first-order valence-electron chi connectivity index (χ1n) is 6.29. The first-order chi connectivity index (χ1) is 7.72. The van der Waals surface area contributed by atoms with Crippen LogP contribution in [0.15, 0.2) is 24.3 Å². The van der Waals surface area contributed by atoms with E-state index in [4.69, 9.17) is 0 Å². The van der Waals surface area contributed by atoms with Crippen LogP contribution in [0.2, 0.25) is 0 Å². The molecule has 0 amide bonds. The van der Waals surface area contributed by atoms with E-state index >= 15 is 0 Å². The van der Waals surface area contributed by atoms with Gasteiger partial charge in [0.25, 0.3) is 0 Å². The SMILES string of the molecule is CCCCCc1cccc(CCC(C)=O)c1. The lowest BCUT2D eigenvalue weighted by Gasteiger charge is -2.04. The van der Waals surface area contributed by atoms with Crippen molar-refractivity contribution in [1.82, 2.24) is 0 Å². The lowest BCUT2D eigenvalue weighted by molar-refractivity contribution is -0.116. The van der Waals surface area contributed by atoms with Crippen molar-refractivity contribution in [3.8, 4) is 0 Å². The number of hydrogen-bond acceptors (Lipinski definition) is 1. The molecule has 0 spiro atoms. The average molecular weight is 218 g/mol. The molecule has 0 radical (unpaired) electrons. The molecule has 0 aliphatic carbocycles. The van der Waals surface area contributed by atoms with E-state index in [-0.39, 0.29) is 5.78 Å². The minimum atomic E-state index is 0.274. The van der Waals surface area contributed by atoms with Crippen LogP contribution < -0.4 is 0 Å². The zero-order chi connectivity index (χ0) is 11.8. The highest BCUT2D eigenvalue weighted by Crippen LogP contribution is 2.11. The van der Waals surface area contributed by atoms with Crippen LogP contribution in [0, 0.1) is 0 Å². The van der Waals surface area contributed by atoms with Gasteiger partial charge >= 0.3 is 0 Å². The molecule has 0 fully saturated rings. The standard InChI is InChI=1S/C15H22O/c1-3-4-5-7-14-8-6-9-15(12-14)11-10-13(2)16/h6,8-9,12H,3-5,7,10-11H2,1-2H3. The van der Waals surface area contributed by atoms with Gasteiger partial charge in [0, 0.05) is 6.42 Å². The Morgan fingerprint density at radius 3 is 2.44 bits per heavy atom. The van der Waals surface area contributed by atoms with Gasteiger partial charge in [-0.25, -0.2) is 0 Å². The Hall–Kier alpha value is -1.11. The van der Waals surface area contributed by atoms with Crippen molar-refractivity contribution in [2.75, 3.05) is 0 Å². The van der Waals surface area contributed by atoms with Gasteiger partial charge in [0.05, 0.1) is 0 Å². The quantitative estimate of drug-likeness (QED) is 0.633. The molecular formula is C15H22O. The number of benzene rings is 1. The third-order valence-corrected chi connectivity index (χ3v) is 2.83. The second kappa shape index (κ2) is 7.21. The van der Waals surface area contributed by atoms with Crippen LogP contribution in [-0.4, -0.2) is 5.78 Å². The van der Waals surface area contributed by atoms with Crippen molar-refractivity contribution in [3.63, 3.8) is 0 Å². The van der Waals surface area contributed by atoms with Gasteiger partial charge in [0.2, 0.25) is 0 Å². The summed E-state index contributed by atoms with van der Waals surface area (Å²) in [5.74, 6) is 0.274. The molecule has 1 aromatic carbocycles. The summed E-state index contributed by atoms with van der Waals surface area (Å²) in [5.41, 5.74) is 2.71. The maximum absolute atomic E-state index is 10.9. The van der Waals surface area contributed by atoms with E-state index in [1.807, 2.05) is 0 Å². The molecule has 0 heterocycles. The number of Topliss-reactive ketones (excluding diaryl/α,β-unsaturated/α-hetero) is 1. The summed E-state index contributed by atoms with van der Waals surface area (Å²) >= 11 is 0. The number of ketones is 1. The topological polar surface area (TPSA) is 17.1 Å². The molecule has 88 valence electrons. The fraction of sp³-hybridized carbons (Fsp3) is 0.533. The molecule has 1 nitrogen and oxygen atoms in total. The highest BCUT2D eigenvalue weighted by molar-refractivity contribution is 5.75. The maximum atomic E-state index is 10.9. The Morgan fingerprint density at radius 1 is 1.12 bits per heavy atom. The molecule has 0 aromatic heterocycles. The van der Waals surface area contributed by atoms with E-state index in [9.17, 15) is 4.79 Å². The highest BCUT2D eigenvalue weighted by Gasteiger charge is 1.98. The molecular weight excluding hydrogens is 196 g/mol. The van der Waals surface area contributed by atoms with E-state index in [1.54, 1.807) is 6.92 Å². The van der Waals surface area contributed by atoms with Crippen molar-refractivity contribution in [2.45, 2.75) is 52.4 Å². The summed E-state index contributed by atoms with van der Waals surface area (Å²) in [6, 6.07) is 8.66. The van der Waals surface area contributed by atoms with E-state index in [1.165, 1.54) is 36.8 Å². The van der Waals surface area contributed by atoms with Crippen LogP contribution in [0.4, 0.5) is 0 Å². The number of carbonyl (C=O) groups is 1. The molecule has 0 aliphatic rings. The monoisotopic (exact) mass is 218 g/mol. The summed E-state index contributed by atoms with van der Waals surface area (Å²) in [6.07, 6.45) is 6.56. The van der Waals surface area contributed by atoms with Crippen molar-refractivity contribution >= 4 is 5.78 Å². The van der Waals surface area contributed by atoms with Gasteiger partial charge < -0.3 is 4.79 Å². The van der Waals surface area contributed by atoms with Crippen molar-refractivity contribution in [2.24, 2.45) is 0 Å². The van der Waals surface area contributed by atoms with Gasteiger partial charge in [-0.05, 0) is 37.3 Å². The first-order valence-corrected chi connectivity index (χ1v) is 6.29. The number of unbranched alkanes of at least 4 members (excludes halogenated alkanes) is 2. The number of hydrogen-bond donors (Lipinski definition) is 0. The maximum Gasteiger partial charge on any atom is 0.130 e. The summed E-state index contributed by atoms with van der Waals surface area (Å²) in [7, 11) is 0. The predicted molar refractivity (Wildman–Crippen MR) is 68.7 cm³/mol. The molecule has 1 heteroatoms. The third-order valence-electron chi connectivity index (χ3n) is 2.83. The zero-order valence-corrected chi connectivity index (χ0v) is 10.5. The largest absolute Gasteiger partial charge is 0.300 e. The molecule has 0 saturated heterocycles. The van der Waals surface area contributed by atoms with E-state index in [0.29, 0.717) is 6.42 Å². The summed E-state index contributed by atoms with van der Waals surface area (Å²) in [6.45, 7) is 3.88. The highest BCUT2D eigenvalue weighted by atomic mass is 16.1. The van der Waals surface area contributed by atoms with Crippen LogP contribution in [0.5, 0.6) is 0 Å². The van der Waals surface area contributed by atoms with Gasteiger partial charge in [-0.3, -0.25) is 0 Å². The molecule has 0 saturated carbocycles. The minimum absolute atomic E-state index is 0.274. The Labute approximate surface area is 98.9 Å². The van der Waals surface area contributed by atoms with Gasteiger partial charge in [-0.15, -0.1) is 0 Å². The minimum Gasteiger partial charge on any atom is -0.300 e. The van der Waals surface area contributed by atoms with Crippen molar-refractivity contribution in [3.05, 3.63) is 35.4 Å². The molecule has 0 bridgehead atoms. The average Bonchev–Trinajstić information content (AvgIpc) is 2.27. The third kappa shape index (κ3) is 5.11. The molecule has 1 aromatic rings. The van der Waals surface area contributed by atoms with Gasteiger partial charge in [-0.2, -0.15) is 0 Å². The summed E-state index contributed by atoms with van der Waals surface area (Å²) in [4.78, 5) is 10.9. The Kier molecular flexibility index (Phi) is 5.84. The molecule has 0 atom stereocenters. The van der Waals surface area contributed by atoms with E-state index < -0.39 is 0 Å². The predicted octanol–water partition coefficient (Wildman–Crippen LogP) is 3.94. The van der Waals surface area contributed by atoms with Crippen LogP contribution >= 0.6 is 0 Å². The Morgan fingerprint density at radius 2 is 1.81 bits per heavy atom. The van der Waals surface area contributed by atoms with Crippen molar-refractivity contribution < 1.29 is 4.79 Å². The van der Waals surface area contributed by atoms with E-state index in [0.717, 1.165) is 6.42 Å². The van der Waals surface area contributed by atoms with Gasteiger partial charge in [0.1, 0.15) is 5.78 Å². The van der Waals surface area contributed by atoms with Crippen molar-refractivity contribution in [1.29, 1.82) is 0 Å². The van der Waals surface area contributed by atoms with Crippen LogP contribution in [0.3, 0.4) is 0 Å². The smallest absolute Gasteiger partial charge is 0.130 e. The fourth-order valence-corrected chi connectivity index (χ4v) is 1.84. The van der Waals surface area contributed by atoms with Crippen LogP contribution in [-0.2, 0) is 17.6 Å². The second-order valence-corrected chi connectivity index (χ2v) is 4.48. The number of aryl methyl sites for hydroxylation is 2. The molecule has 0 unspecified atom stereocenters. The normalized spacial score (nSPS) is 10.4. The Balaban J connectivity index is 2.46. The summed E-state index contributed by atoms with van der Waals surface area (Å²) in [5, 5.41) is 0. The fourth-order valence-electron chi connectivity index (χ4n) is 1.84. The molecule has 16 heavy (non-hydrogen) atoms. The lowest BCUT2D eigenvalue weighted by Crippen LogP contribution is -1.95. The van der Waals surface area contributed by atoms with Gasteiger partial charge in [0.15, 0.2) is 0 Å². The van der Waals surface area contributed by atoms with Crippen LogP contribution in [0.1, 0.15) is 50.7 Å². The second-order valence-electron chi connectivity index (χ2n) is 4.48. The Bertz CT molecular complexity index is 328. The number of rotatable bonds is 7. The summed E-state index contributed by atoms with van der Waals surface area (Å²) < 4.78 is 0. The van der Waals surface area contributed by atoms with Gasteiger partial charge in [-0.1, -0.05) is 44.0 Å². The zero-order valence-electron chi connectivity index (χ0n) is 10.5.